The van der Waals surface area contributed by atoms with Crippen molar-refractivity contribution in [3.63, 3.8) is 0 Å². The molecule has 3 rings (SSSR count). The van der Waals surface area contributed by atoms with E-state index in [2.05, 4.69) is 15.9 Å². The number of rotatable bonds is 2. The number of halogens is 2. The molecule has 4 nitrogen and oxygen atoms in total. The maximum absolute atomic E-state index is 11.5. The quantitative estimate of drug-likeness (QED) is 0.753. The normalized spacial score (nSPS) is 12.8. The lowest BCUT2D eigenvalue weighted by molar-refractivity contribution is 0.527. The fourth-order valence-electron chi connectivity index (χ4n) is 2.29. The van der Waals surface area contributed by atoms with Crippen LogP contribution in [-0.4, -0.2) is 4.57 Å². The molecule has 0 bridgehead atoms. The van der Waals surface area contributed by atoms with Crippen LogP contribution in [0.1, 0.15) is 17.2 Å². The van der Waals surface area contributed by atoms with E-state index < -0.39 is 0 Å². The Morgan fingerprint density at radius 3 is 2.71 bits per heavy atom. The molecule has 2 N–H and O–H groups in total. The minimum atomic E-state index is -0.388. The molecule has 1 atom stereocenters. The highest BCUT2D eigenvalue weighted by Gasteiger charge is 2.13. The summed E-state index contributed by atoms with van der Waals surface area (Å²) in [5, 5.41) is 0.613. The van der Waals surface area contributed by atoms with Crippen LogP contribution in [0.2, 0.25) is 5.02 Å². The molecule has 0 fully saturated rings. The molecular formula is C15H12BrClN2O2. The lowest BCUT2D eigenvalue weighted by Gasteiger charge is -2.13. The lowest BCUT2D eigenvalue weighted by atomic mass is 9.99. The number of aromatic nitrogens is 1. The molecule has 0 aliphatic heterocycles. The van der Waals surface area contributed by atoms with Crippen LogP contribution >= 0.6 is 27.5 Å². The second-order valence-corrected chi connectivity index (χ2v) is 6.19. The Labute approximate surface area is 134 Å². The third-order valence-electron chi connectivity index (χ3n) is 3.42. The van der Waals surface area contributed by atoms with Gasteiger partial charge in [-0.1, -0.05) is 33.6 Å². The maximum atomic E-state index is 11.5. The van der Waals surface area contributed by atoms with E-state index in [0.717, 1.165) is 21.1 Å². The van der Waals surface area contributed by atoms with Crippen molar-refractivity contribution in [2.24, 2.45) is 12.8 Å². The summed E-state index contributed by atoms with van der Waals surface area (Å²) in [6, 6.07) is 10.7. The molecule has 21 heavy (non-hydrogen) atoms. The van der Waals surface area contributed by atoms with Crippen LogP contribution < -0.4 is 11.5 Å². The van der Waals surface area contributed by atoms with E-state index in [1.54, 1.807) is 19.2 Å². The Balaban J connectivity index is 2.08. The van der Waals surface area contributed by atoms with Crippen LogP contribution in [0.5, 0.6) is 0 Å². The van der Waals surface area contributed by atoms with Gasteiger partial charge in [0.05, 0.1) is 11.6 Å². The summed E-state index contributed by atoms with van der Waals surface area (Å²) in [4.78, 5) is 11.5. The second kappa shape index (κ2) is 5.33. The highest BCUT2D eigenvalue weighted by Crippen LogP contribution is 2.28. The zero-order valence-corrected chi connectivity index (χ0v) is 13.5. The first-order valence-corrected chi connectivity index (χ1v) is 7.44. The minimum Gasteiger partial charge on any atom is -0.408 e. The second-order valence-electron chi connectivity index (χ2n) is 4.83. The van der Waals surface area contributed by atoms with E-state index in [-0.39, 0.29) is 11.8 Å². The molecule has 0 saturated carbocycles. The van der Waals surface area contributed by atoms with Gasteiger partial charge >= 0.3 is 5.76 Å². The topological polar surface area (TPSA) is 61.2 Å². The first kappa shape index (κ1) is 14.4. The Kier molecular flexibility index (Phi) is 3.65. The number of nitrogens with two attached hydrogens (primary N) is 1. The van der Waals surface area contributed by atoms with Gasteiger partial charge in [-0.3, -0.25) is 4.57 Å². The number of oxazole rings is 1. The van der Waals surface area contributed by atoms with Crippen molar-refractivity contribution in [2.45, 2.75) is 6.04 Å². The summed E-state index contributed by atoms with van der Waals surface area (Å²) < 4.78 is 7.52. The number of nitrogens with zero attached hydrogens (tertiary/aromatic N) is 1. The van der Waals surface area contributed by atoms with Gasteiger partial charge in [-0.2, -0.15) is 0 Å². The Bertz CT molecular complexity index is 865. The van der Waals surface area contributed by atoms with Gasteiger partial charge in [-0.15, -0.1) is 0 Å². The third-order valence-corrected chi connectivity index (χ3v) is 4.10. The maximum Gasteiger partial charge on any atom is 0.419 e. The summed E-state index contributed by atoms with van der Waals surface area (Å²) in [7, 11) is 1.67. The van der Waals surface area contributed by atoms with E-state index >= 15 is 0 Å². The SMILES string of the molecule is Cn1c(=O)oc2cc(C(N)c3cc(Cl)cc(Br)c3)ccc21. The molecule has 1 unspecified atom stereocenters. The summed E-state index contributed by atoms with van der Waals surface area (Å²) in [5.41, 5.74) is 9.28. The molecule has 1 aromatic heterocycles. The van der Waals surface area contributed by atoms with E-state index in [1.807, 2.05) is 24.3 Å². The summed E-state index contributed by atoms with van der Waals surface area (Å²) in [6.45, 7) is 0. The number of fused-ring (bicyclic) bond motifs is 1. The van der Waals surface area contributed by atoms with E-state index in [9.17, 15) is 4.79 Å². The van der Waals surface area contributed by atoms with Crippen LogP contribution in [0.3, 0.4) is 0 Å². The number of hydrogen-bond donors (Lipinski definition) is 1. The van der Waals surface area contributed by atoms with Gasteiger partial charge in [0.15, 0.2) is 5.58 Å². The smallest absolute Gasteiger partial charge is 0.408 e. The van der Waals surface area contributed by atoms with Crippen molar-refractivity contribution in [1.82, 2.24) is 4.57 Å². The predicted molar refractivity (Wildman–Crippen MR) is 86.6 cm³/mol. The van der Waals surface area contributed by atoms with Crippen molar-refractivity contribution in [3.8, 4) is 0 Å². The molecule has 3 aromatic rings. The Morgan fingerprint density at radius 1 is 1.24 bits per heavy atom. The largest absolute Gasteiger partial charge is 0.419 e. The van der Waals surface area contributed by atoms with Gasteiger partial charge < -0.3 is 10.2 Å². The molecule has 6 heteroatoms. The van der Waals surface area contributed by atoms with Crippen molar-refractivity contribution in [3.05, 3.63) is 67.6 Å². The number of hydrogen-bond acceptors (Lipinski definition) is 3. The van der Waals surface area contributed by atoms with E-state index in [1.165, 1.54) is 4.57 Å². The summed E-state index contributed by atoms with van der Waals surface area (Å²) >= 11 is 9.46. The average molecular weight is 368 g/mol. The van der Waals surface area contributed by atoms with Gasteiger partial charge in [0.1, 0.15) is 0 Å². The van der Waals surface area contributed by atoms with Crippen LogP contribution in [0, 0.1) is 0 Å². The molecule has 0 aliphatic rings. The van der Waals surface area contributed by atoms with Gasteiger partial charge in [0.2, 0.25) is 0 Å². The molecule has 108 valence electrons. The molecule has 2 aromatic carbocycles. The molecule has 0 spiro atoms. The summed E-state index contributed by atoms with van der Waals surface area (Å²) in [5.74, 6) is -0.388. The van der Waals surface area contributed by atoms with Crippen molar-refractivity contribution in [2.75, 3.05) is 0 Å². The predicted octanol–water partition coefficient (Wildman–Crippen LogP) is 3.60. The van der Waals surface area contributed by atoms with E-state index in [4.69, 9.17) is 21.8 Å². The Hall–Kier alpha value is -1.56. The van der Waals surface area contributed by atoms with Crippen LogP contribution in [0.15, 0.2) is 50.1 Å². The summed E-state index contributed by atoms with van der Waals surface area (Å²) in [6.07, 6.45) is 0. The zero-order valence-electron chi connectivity index (χ0n) is 11.1. The van der Waals surface area contributed by atoms with Crippen LogP contribution in [0.4, 0.5) is 0 Å². The highest BCUT2D eigenvalue weighted by atomic mass is 79.9. The minimum absolute atomic E-state index is 0.352. The van der Waals surface area contributed by atoms with Gasteiger partial charge in [0, 0.05) is 16.5 Å². The van der Waals surface area contributed by atoms with Gasteiger partial charge in [0.25, 0.3) is 0 Å². The lowest BCUT2D eigenvalue weighted by Crippen LogP contribution is -2.12. The highest BCUT2D eigenvalue weighted by molar-refractivity contribution is 9.10. The number of benzene rings is 2. The van der Waals surface area contributed by atoms with Crippen molar-refractivity contribution in [1.29, 1.82) is 0 Å². The molecule has 0 saturated heterocycles. The molecular weight excluding hydrogens is 356 g/mol. The number of aryl methyl sites for hydroxylation is 1. The fraction of sp³-hybridized carbons (Fsp3) is 0.133. The van der Waals surface area contributed by atoms with Crippen molar-refractivity contribution >= 4 is 38.6 Å². The van der Waals surface area contributed by atoms with Gasteiger partial charge in [-0.05, 0) is 41.5 Å². The average Bonchev–Trinajstić information content (AvgIpc) is 2.71. The standard InChI is InChI=1S/C15H12BrClN2O2/c1-19-12-3-2-8(6-13(12)21-15(19)20)14(18)9-4-10(16)7-11(17)5-9/h2-7,14H,18H2,1H3. The van der Waals surface area contributed by atoms with Crippen LogP contribution in [0.25, 0.3) is 11.1 Å². The molecule has 0 amide bonds. The van der Waals surface area contributed by atoms with Gasteiger partial charge in [-0.25, -0.2) is 4.79 Å². The molecule has 1 heterocycles. The molecule has 0 radical (unpaired) electrons. The molecule has 0 aliphatic carbocycles. The fourth-order valence-corrected chi connectivity index (χ4v) is 3.18. The zero-order chi connectivity index (χ0) is 15.1. The third kappa shape index (κ3) is 2.64. The first-order valence-electron chi connectivity index (χ1n) is 6.27. The van der Waals surface area contributed by atoms with Crippen molar-refractivity contribution < 1.29 is 4.42 Å². The van der Waals surface area contributed by atoms with E-state index in [0.29, 0.717) is 10.6 Å². The Morgan fingerprint density at radius 2 is 2.00 bits per heavy atom. The first-order chi connectivity index (χ1) is 9.95. The monoisotopic (exact) mass is 366 g/mol. The van der Waals surface area contributed by atoms with Crippen LogP contribution in [-0.2, 0) is 7.05 Å².